The molecule has 0 unspecified atom stereocenters. The van der Waals surface area contributed by atoms with Crippen LogP contribution in [0.2, 0.25) is 0 Å². The van der Waals surface area contributed by atoms with E-state index in [-0.39, 0.29) is 11.8 Å². The third kappa shape index (κ3) is 6.36. The molecule has 106 valence electrons. The van der Waals surface area contributed by atoms with E-state index in [4.69, 9.17) is 10.5 Å². The Bertz CT molecular complexity index is 226. The zero-order valence-corrected chi connectivity index (χ0v) is 11.7. The standard InChI is InChI=1S/C14H28N2O2/c1-2-11-18-12-5-3-4-8-16-9-6-13(7-10-16)14(15)17/h13H,2-12H2,1H3,(H2,15,17). The van der Waals surface area contributed by atoms with Gasteiger partial charge < -0.3 is 15.4 Å². The fourth-order valence-corrected chi connectivity index (χ4v) is 2.40. The zero-order chi connectivity index (χ0) is 13.2. The Morgan fingerprint density at radius 1 is 1.22 bits per heavy atom. The van der Waals surface area contributed by atoms with Crippen molar-refractivity contribution in [1.29, 1.82) is 0 Å². The summed E-state index contributed by atoms with van der Waals surface area (Å²) in [5.41, 5.74) is 5.32. The van der Waals surface area contributed by atoms with Crippen LogP contribution in [0.25, 0.3) is 0 Å². The van der Waals surface area contributed by atoms with Crippen molar-refractivity contribution >= 4 is 5.91 Å². The van der Waals surface area contributed by atoms with E-state index in [1.807, 2.05) is 0 Å². The minimum Gasteiger partial charge on any atom is -0.381 e. The Kier molecular flexibility index (Phi) is 8.01. The average Bonchev–Trinajstić information content (AvgIpc) is 2.38. The largest absolute Gasteiger partial charge is 0.381 e. The minimum atomic E-state index is -0.122. The van der Waals surface area contributed by atoms with Gasteiger partial charge in [-0.3, -0.25) is 4.79 Å². The Morgan fingerprint density at radius 3 is 2.56 bits per heavy atom. The fourth-order valence-electron chi connectivity index (χ4n) is 2.40. The summed E-state index contributed by atoms with van der Waals surface area (Å²) in [4.78, 5) is 13.5. The van der Waals surface area contributed by atoms with Crippen molar-refractivity contribution in [3.05, 3.63) is 0 Å². The fraction of sp³-hybridized carbons (Fsp3) is 0.929. The lowest BCUT2D eigenvalue weighted by Crippen LogP contribution is -2.38. The van der Waals surface area contributed by atoms with Crippen LogP contribution in [0.3, 0.4) is 0 Å². The van der Waals surface area contributed by atoms with Gasteiger partial charge >= 0.3 is 0 Å². The van der Waals surface area contributed by atoms with Gasteiger partial charge in [0, 0.05) is 19.1 Å². The summed E-state index contributed by atoms with van der Waals surface area (Å²) in [5, 5.41) is 0. The third-order valence-corrected chi connectivity index (χ3v) is 3.60. The molecule has 0 radical (unpaired) electrons. The average molecular weight is 256 g/mol. The van der Waals surface area contributed by atoms with Gasteiger partial charge in [-0.25, -0.2) is 0 Å². The van der Waals surface area contributed by atoms with Gasteiger partial charge in [0.1, 0.15) is 0 Å². The number of piperidine rings is 1. The second kappa shape index (κ2) is 9.34. The molecule has 1 fully saturated rings. The number of nitrogens with zero attached hydrogens (tertiary/aromatic N) is 1. The number of unbranched alkanes of at least 4 members (excludes halogenated alkanes) is 2. The second-order valence-corrected chi connectivity index (χ2v) is 5.19. The van der Waals surface area contributed by atoms with Crippen LogP contribution in [0, 0.1) is 5.92 Å². The summed E-state index contributed by atoms with van der Waals surface area (Å²) >= 11 is 0. The maximum atomic E-state index is 11.0. The molecule has 0 aromatic heterocycles. The first-order valence-corrected chi connectivity index (χ1v) is 7.33. The van der Waals surface area contributed by atoms with Crippen LogP contribution in [0.5, 0.6) is 0 Å². The molecule has 1 heterocycles. The summed E-state index contributed by atoms with van der Waals surface area (Å²) < 4.78 is 5.45. The van der Waals surface area contributed by atoms with Crippen molar-refractivity contribution in [3.63, 3.8) is 0 Å². The highest BCUT2D eigenvalue weighted by molar-refractivity contribution is 5.76. The van der Waals surface area contributed by atoms with Crippen LogP contribution < -0.4 is 5.73 Å². The highest BCUT2D eigenvalue weighted by atomic mass is 16.5. The minimum absolute atomic E-state index is 0.115. The van der Waals surface area contributed by atoms with Crippen LogP contribution >= 0.6 is 0 Å². The molecule has 18 heavy (non-hydrogen) atoms. The van der Waals surface area contributed by atoms with Crippen molar-refractivity contribution in [1.82, 2.24) is 4.90 Å². The smallest absolute Gasteiger partial charge is 0.220 e. The lowest BCUT2D eigenvalue weighted by Gasteiger charge is -2.30. The lowest BCUT2D eigenvalue weighted by molar-refractivity contribution is -0.123. The van der Waals surface area contributed by atoms with E-state index in [0.29, 0.717) is 0 Å². The molecule has 0 aromatic carbocycles. The number of nitrogens with two attached hydrogens (primary N) is 1. The summed E-state index contributed by atoms with van der Waals surface area (Å²) in [6, 6.07) is 0. The number of rotatable bonds is 9. The number of ether oxygens (including phenoxy) is 1. The number of hydrogen-bond acceptors (Lipinski definition) is 3. The van der Waals surface area contributed by atoms with Gasteiger partial charge in [-0.05, 0) is 58.2 Å². The molecule has 1 rings (SSSR count). The molecule has 4 heteroatoms. The topological polar surface area (TPSA) is 55.6 Å². The van der Waals surface area contributed by atoms with Gasteiger partial charge in [-0.2, -0.15) is 0 Å². The summed E-state index contributed by atoms with van der Waals surface area (Å²) in [6.07, 6.45) is 6.62. The molecule has 1 amide bonds. The van der Waals surface area contributed by atoms with Crippen LogP contribution in [0.4, 0.5) is 0 Å². The Labute approximate surface area is 111 Å². The van der Waals surface area contributed by atoms with E-state index in [1.54, 1.807) is 0 Å². The molecule has 0 atom stereocenters. The predicted molar refractivity (Wildman–Crippen MR) is 73.3 cm³/mol. The Morgan fingerprint density at radius 2 is 1.94 bits per heavy atom. The van der Waals surface area contributed by atoms with Crippen molar-refractivity contribution < 1.29 is 9.53 Å². The van der Waals surface area contributed by atoms with E-state index in [0.717, 1.165) is 58.5 Å². The Balaban J connectivity index is 1.93. The Hall–Kier alpha value is -0.610. The van der Waals surface area contributed by atoms with Crippen LogP contribution in [-0.2, 0) is 9.53 Å². The van der Waals surface area contributed by atoms with Gasteiger partial charge in [0.15, 0.2) is 0 Å². The van der Waals surface area contributed by atoms with Gasteiger partial charge in [0.05, 0.1) is 0 Å². The highest BCUT2D eigenvalue weighted by Crippen LogP contribution is 2.16. The quantitative estimate of drug-likeness (QED) is 0.640. The molecule has 0 aromatic rings. The molecule has 0 saturated carbocycles. The molecule has 1 saturated heterocycles. The molecule has 1 aliphatic heterocycles. The molecule has 4 nitrogen and oxygen atoms in total. The maximum Gasteiger partial charge on any atom is 0.220 e. The summed E-state index contributed by atoms with van der Waals surface area (Å²) in [5.74, 6) is -0.00795. The molecular weight excluding hydrogens is 228 g/mol. The first-order valence-electron chi connectivity index (χ1n) is 7.33. The van der Waals surface area contributed by atoms with E-state index in [1.165, 1.54) is 12.8 Å². The number of carbonyl (C=O) groups excluding carboxylic acids is 1. The number of likely N-dealkylation sites (tertiary alicyclic amines) is 1. The van der Waals surface area contributed by atoms with E-state index in [2.05, 4.69) is 11.8 Å². The number of primary amides is 1. The van der Waals surface area contributed by atoms with Gasteiger partial charge in [-0.15, -0.1) is 0 Å². The van der Waals surface area contributed by atoms with Crippen LogP contribution in [0.1, 0.15) is 45.4 Å². The predicted octanol–water partition coefficient (Wildman–Crippen LogP) is 1.78. The van der Waals surface area contributed by atoms with E-state index in [9.17, 15) is 4.79 Å². The first-order chi connectivity index (χ1) is 8.74. The number of hydrogen-bond donors (Lipinski definition) is 1. The monoisotopic (exact) mass is 256 g/mol. The lowest BCUT2D eigenvalue weighted by atomic mass is 9.96. The second-order valence-electron chi connectivity index (χ2n) is 5.19. The molecular formula is C14H28N2O2. The van der Waals surface area contributed by atoms with Crippen LogP contribution in [-0.4, -0.2) is 43.7 Å². The van der Waals surface area contributed by atoms with Gasteiger partial charge in [0.2, 0.25) is 5.91 Å². The molecule has 0 aliphatic carbocycles. The number of carbonyl (C=O) groups is 1. The number of amides is 1. The van der Waals surface area contributed by atoms with Crippen molar-refractivity contribution in [2.24, 2.45) is 11.7 Å². The van der Waals surface area contributed by atoms with Gasteiger partial charge in [0.25, 0.3) is 0 Å². The zero-order valence-electron chi connectivity index (χ0n) is 11.7. The molecule has 0 bridgehead atoms. The molecule has 1 aliphatic rings. The molecule has 2 N–H and O–H groups in total. The highest BCUT2D eigenvalue weighted by Gasteiger charge is 2.22. The first kappa shape index (κ1) is 15.4. The maximum absolute atomic E-state index is 11.0. The van der Waals surface area contributed by atoms with E-state index >= 15 is 0 Å². The molecule has 0 spiro atoms. The van der Waals surface area contributed by atoms with Crippen molar-refractivity contribution in [3.8, 4) is 0 Å². The van der Waals surface area contributed by atoms with Crippen LogP contribution in [0.15, 0.2) is 0 Å². The summed E-state index contributed by atoms with van der Waals surface area (Å²) in [6.45, 7) is 7.13. The van der Waals surface area contributed by atoms with E-state index < -0.39 is 0 Å². The third-order valence-electron chi connectivity index (χ3n) is 3.60. The SMILES string of the molecule is CCCOCCCCCN1CCC(C(N)=O)CC1. The summed E-state index contributed by atoms with van der Waals surface area (Å²) in [7, 11) is 0. The normalized spacial score (nSPS) is 18.1. The van der Waals surface area contributed by atoms with Crippen molar-refractivity contribution in [2.45, 2.75) is 45.4 Å². The van der Waals surface area contributed by atoms with Crippen molar-refractivity contribution in [2.75, 3.05) is 32.8 Å². The van der Waals surface area contributed by atoms with Gasteiger partial charge in [-0.1, -0.05) is 6.92 Å².